The van der Waals surface area contributed by atoms with Gasteiger partial charge in [0, 0.05) is 19.7 Å². The monoisotopic (exact) mass is 281 g/mol. The molecule has 112 valence electrons. The average Bonchev–Trinajstić information content (AvgIpc) is 2.47. The Labute approximate surface area is 120 Å². The highest BCUT2D eigenvalue weighted by Crippen LogP contribution is 2.21. The fourth-order valence-electron chi connectivity index (χ4n) is 2.64. The van der Waals surface area contributed by atoms with E-state index in [-0.39, 0.29) is 5.82 Å². The van der Waals surface area contributed by atoms with Crippen LogP contribution in [0.15, 0.2) is 18.2 Å². The lowest BCUT2D eigenvalue weighted by Crippen LogP contribution is -2.39. The largest absolute Gasteiger partial charge is 0.494 e. The number of piperidine rings is 1. The molecule has 0 unspecified atom stereocenters. The van der Waals surface area contributed by atoms with Gasteiger partial charge in [0.1, 0.15) is 0 Å². The molecule has 0 aromatic heterocycles. The number of benzene rings is 1. The van der Waals surface area contributed by atoms with Crippen molar-refractivity contribution in [1.29, 1.82) is 0 Å². The van der Waals surface area contributed by atoms with Crippen LogP contribution < -0.4 is 4.74 Å². The minimum absolute atomic E-state index is 0.306. The summed E-state index contributed by atoms with van der Waals surface area (Å²) in [5.74, 6) is 0.0114. The molecule has 1 saturated heterocycles. The van der Waals surface area contributed by atoms with Crippen LogP contribution in [0.2, 0.25) is 0 Å². The van der Waals surface area contributed by atoms with Gasteiger partial charge in [-0.15, -0.1) is 0 Å². The van der Waals surface area contributed by atoms with E-state index in [0.29, 0.717) is 11.9 Å². The molecule has 1 atom stereocenters. The summed E-state index contributed by atoms with van der Waals surface area (Å²) in [5, 5.41) is 0. The van der Waals surface area contributed by atoms with E-state index in [1.807, 2.05) is 6.07 Å². The summed E-state index contributed by atoms with van der Waals surface area (Å²) >= 11 is 0. The number of halogens is 1. The average molecular weight is 281 g/mol. The normalized spacial score (nSPS) is 20.1. The third-order valence-electron chi connectivity index (χ3n) is 3.64. The van der Waals surface area contributed by atoms with E-state index < -0.39 is 0 Å². The second-order valence-electron chi connectivity index (χ2n) is 5.34. The van der Waals surface area contributed by atoms with Crippen molar-refractivity contribution in [2.75, 3.05) is 26.8 Å². The fraction of sp³-hybridized carbons (Fsp3) is 0.625. The van der Waals surface area contributed by atoms with E-state index in [2.05, 4.69) is 11.8 Å². The second kappa shape index (κ2) is 7.60. The summed E-state index contributed by atoms with van der Waals surface area (Å²) in [5.41, 5.74) is 1.08. The predicted molar refractivity (Wildman–Crippen MR) is 77.5 cm³/mol. The molecule has 1 aliphatic heterocycles. The molecule has 1 fully saturated rings. The molecule has 0 N–H and O–H groups in total. The molecule has 1 aromatic rings. The SMILES string of the molecule is CCCO[C@H]1CCCN(Cc2ccc(F)c(OC)c2)C1. The topological polar surface area (TPSA) is 21.7 Å². The van der Waals surface area contributed by atoms with Crippen molar-refractivity contribution in [3.63, 3.8) is 0 Å². The fourth-order valence-corrected chi connectivity index (χ4v) is 2.64. The number of likely N-dealkylation sites (tertiary alicyclic amines) is 1. The Bertz CT molecular complexity index is 425. The van der Waals surface area contributed by atoms with Crippen LogP contribution in [0.3, 0.4) is 0 Å². The summed E-state index contributed by atoms with van der Waals surface area (Å²) < 4.78 is 24.3. The first-order chi connectivity index (χ1) is 9.72. The van der Waals surface area contributed by atoms with E-state index in [1.165, 1.54) is 13.2 Å². The summed E-state index contributed by atoms with van der Waals surface area (Å²) in [6, 6.07) is 5.09. The van der Waals surface area contributed by atoms with Crippen molar-refractivity contribution in [1.82, 2.24) is 4.90 Å². The van der Waals surface area contributed by atoms with Gasteiger partial charge in [0.25, 0.3) is 0 Å². The molecule has 1 aromatic carbocycles. The Kier molecular flexibility index (Phi) is 5.80. The van der Waals surface area contributed by atoms with Crippen LogP contribution in [0.25, 0.3) is 0 Å². The zero-order chi connectivity index (χ0) is 14.4. The molecule has 0 saturated carbocycles. The van der Waals surface area contributed by atoms with Crippen molar-refractivity contribution in [3.8, 4) is 5.75 Å². The predicted octanol–water partition coefficient (Wildman–Crippen LogP) is 3.23. The standard InChI is InChI=1S/C16H24FNO2/c1-3-9-20-14-5-4-8-18(12-14)11-13-6-7-15(17)16(10-13)19-2/h6-7,10,14H,3-5,8-9,11-12H2,1-2H3/t14-/m0/s1. The van der Waals surface area contributed by atoms with E-state index in [1.54, 1.807) is 6.07 Å². The molecule has 0 bridgehead atoms. The number of rotatable bonds is 6. The molecular formula is C16H24FNO2. The van der Waals surface area contributed by atoms with Gasteiger partial charge in [-0.25, -0.2) is 4.39 Å². The summed E-state index contributed by atoms with van der Waals surface area (Å²) in [6.45, 7) is 5.82. The van der Waals surface area contributed by atoms with Crippen molar-refractivity contribution < 1.29 is 13.9 Å². The van der Waals surface area contributed by atoms with Crippen molar-refractivity contribution in [2.45, 2.75) is 38.8 Å². The number of hydrogen-bond acceptors (Lipinski definition) is 3. The third kappa shape index (κ3) is 4.18. The number of nitrogens with zero attached hydrogens (tertiary/aromatic N) is 1. The lowest BCUT2D eigenvalue weighted by Gasteiger charge is -2.32. The first-order valence-corrected chi connectivity index (χ1v) is 7.39. The minimum atomic E-state index is -0.306. The molecule has 0 radical (unpaired) electrons. The number of hydrogen-bond donors (Lipinski definition) is 0. The quantitative estimate of drug-likeness (QED) is 0.799. The van der Waals surface area contributed by atoms with Gasteiger partial charge in [-0.05, 0) is 43.5 Å². The van der Waals surface area contributed by atoms with Crippen LogP contribution >= 0.6 is 0 Å². The maximum Gasteiger partial charge on any atom is 0.165 e. The van der Waals surface area contributed by atoms with Crippen LogP contribution in [0, 0.1) is 5.82 Å². The van der Waals surface area contributed by atoms with Gasteiger partial charge in [0.15, 0.2) is 11.6 Å². The highest BCUT2D eigenvalue weighted by Gasteiger charge is 2.20. The smallest absolute Gasteiger partial charge is 0.165 e. The van der Waals surface area contributed by atoms with Gasteiger partial charge in [0.05, 0.1) is 13.2 Å². The zero-order valence-corrected chi connectivity index (χ0v) is 12.4. The molecule has 0 spiro atoms. The van der Waals surface area contributed by atoms with Gasteiger partial charge in [-0.1, -0.05) is 13.0 Å². The molecular weight excluding hydrogens is 257 g/mol. The molecule has 3 nitrogen and oxygen atoms in total. The number of ether oxygens (including phenoxy) is 2. The lowest BCUT2D eigenvalue weighted by atomic mass is 10.1. The Morgan fingerprint density at radius 2 is 2.25 bits per heavy atom. The Morgan fingerprint density at radius 3 is 3.00 bits per heavy atom. The Morgan fingerprint density at radius 1 is 1.40 bits per heavy atom. The van der Waals surface area contributed by atoms with Crippen LogP contribution in [-0.2, 0) is 11.3 Å². The van der Waals surface area contributed by atoms with Crippen LogP contribution in [0.4, 0.5) is 4.39 Å². The molecule has 1 heterocycles. The molecule has 4 heteroatoms. The molecule has 20 heavy (non-hydrogen) atoms. The van der Waals surface area contributed by atoms with Gasteiger partial charge < -0.3 is 9.47 Å². The highest BCUT2D eigenvalue weighted by molar-refractivity contribution is 5.30. The first kappa shape index (κ1) is 15.3. The maximum absolute atomic E-state index is 13.4. The summed E-state index contributed by atoms with van der Waals surface area (Å²) in [4.78, 5) is 2.37. The molecule has 0 aliphatic carbocycles. The van der Waals surface area contributed by atoms with E-state index in [0.717, 1.165) is 51.1 Å². The maximum atomic E-state index is 13.4. The van der Waals surface area contributed by atoms with Gasteiger partial charge in [-0.3, -0.25) is 4.90 Å². The zero-order valence-electron chi connectivity index (χ0n) is 12.4. The molecule has 1 aliphatic rings. The molecule has 0 amide bonds. The van der Waals surface area contributed by atoms with Gasteiger partial charge >= 0.3 is 0 Å². The van der Waals surface area contributed by atoms with Crippen LogP contribution in [0.1, 0.15) is 31.7 Å². The van der Waals surface area contributed by atoms with Crippen molar-refractivity contribution >= 4 is 0 Å². The van der Waals surface area contributed by atoms with E-state index in [9.17, 15) is 4.39 Å². The second-order valence-corrected chi connectivity index (χ2v) is 5.34. The Hall–Kier alpha value is -1.13. The summed E-state index contributed by atoms with van der Waals surface area (Å²) in [6.07, 6.45) is 3.70. The van der Waals surface area contributed by atoms with E-state index in [4.69, 9.17) is 9.47 Å². The minimum Gasteiger partial charge on any atom is -0.494 e. The van der Waals surface area contributed by atoms with Crippen LogP contribution in [0.5, 0.6) is 5.75 Å². The van der Waals surface area contributed by atoms with Crippen molar-refractivity contribution in [3.05, 3.63) is 29.6 Å². The lowest BCUT2D eigenvalue weighted by molar-refractivity contribution is -0.00224. The Balaban J connectivity index is 1.92. The van der Waals surface area contributed by atoms with Gasteiger partial charge in [0.2, 0.25) is 0 Å². The van der Waals surface area contributed by atoms with Crippen molar-refractivity contribution in [2.24, 2.45) is 0 Å². The third-order valence-corrected chi connectivity index (χ3v) is 3.64. The first-order valence-electron chi connectivity index (χ1n) is 7.39. The van der Waals surface area contributed by atoms with Gasteiger partial charge in [-0.2, -0.15) is 0 Å². The molecule has 2 rings (SSSR count). The van der Waals surface area contributed by atoms with E-state index >= 15 is 0 Å². The van der Waals surface area contributed by atoms with Crippen LogP contribution in [-0.4, -0.2) is 37.8 Å². The highest BCUT2D eigenvalue weighted by atomic mass is 19.1. The summed E-state index contributed by atoms with van der Waals surface area (Å²) in [7, 11) is 1.50. The number of methoxy groups -OCH3 is 1.